The summed E-state index contributed by atoms with van der Waals surface area (Å²) in [6.07, 6.45) is 0.426. The molecule has 1 rings (SSSR count). The normalized spacial score (nSPS) is 13.6. The topological polar surface area (TPSA) is 43.1 Å². The minimum absolute atomic E-state index is 0.105. The summed E-state index contributed by atoms with van der Waals surface area (Å²) in [7, 11) is 0. The Bertz CT molecular complexity index is 365. The van der Waals surface area contributed by atoms with Crippen molar-refractivity contribution >= 4 is 28.4 Å². The smallest absolute Gasteiger partial charge is 0.154 e. The van der Waals surface area contributed by atoms with E-state index in [4.69, 9.17) is 5.73 Å². The molecule has 0 aliphatic carbocycles. The van der Waals surface area contributed by atoms with Crippen LogP contribution in [0.3, 0.4) is 0 Å². The highest BCUT2D eigenvalue weighted by Gasteiger charge is 2.26. The summed E-state index contributed by atoms with van der Waals surface area (Å²) < 4.78 is 1.17. The van der Waals surface area contributed by atoms with E-state index in [2.05, 4.69) is 22.6 Å². The van der Waals surface area contributed by atoms with Gasteiger partial charge in [-0.05, 0) is 45.7 Å². The van der Waals surface area contributed by atoms with Gasteiger partial charge < -0.3 is 5.73 Å². The third kappa shape index (κ3) is 3.87. The van der Waals surface area contributed by atoms with Crippen LogP contribution in [-0.4, -0.2) is 11.8 Å². The summed E-state index contributed by atoms with van der Waals surface area (Å²) in [5.74, 6) is 0.105. The second-order valence-corrected chi connectivity index (χ2v) is 6.36. The van der Waals surface area contributed by atoms with Crippen LogP contribution in [0.25, 0.3) is 0 Å². The highest BCUT2D eigenvalue weighted by atomic mass is 127. The third-order valence-electron chi connectivity index (χ3n) is 2.57. The summed E-state index contributed by atoms with van der Waals surface area (Å²) in [4.78, 5) is 11.9. The number of ketones is 1. The molecular formula is C13H18INO. The zero-order chi connectivity index (χ0) is 12.3. The minimum Gasteiger partial charge on any atom is -0.321 e. The van der Waals surface area contributed by atoms with Crippen LogP contribution in [0.5, 0.6) is 0 Å². The second-order valence-electron chi connectivity index (χ2n) is 5.11. The van der Waals surface area contributed by atoms with Gasteiger partial charge >= 0.3 is 0 Å². The molecule has 0 saturated heterocycles. The number of nitrogens with two attached hydrogens (primary N) is 1. The van der Waals surface area contributed by atoms with Crippen molar-refractivity contribution in [2.45, 2.75) is 33.2 Å². The van der Waals surface area contributed by atoms with Crippen molar-refractivity contribution in [2.75, 3.05) is 0 Å². The van der Waals surface area contributed by atoms with Gasteiger partial charge in [0.1, 0.15) is 0 Å². The molecule has 2 N–H and O–H groups in total. The molecule has 0 spiro atoms. The van der Waals surface area contributed by atoms with Crippen molar-refractivity contribution in [1.82, 2.24) is 0 Å². The summed E-state index contributed by atoms with van der Waals surface area (Å²) in [6.45, 7) is 5.97. The predicted octanol–water partition coefficient (Wildman–Crippen LogP) is 2.78. The standard InChI is InChI=1S/C13H18INO/c1-13(2,3)12(15)11(16)8-9-4-6-10(14)7-5-9/h4-7,12H,8,15H2,1-3H3. The molecule has 0 amide bonds. The maximum absolute atomic E-state index is 11.9. The monoisotopic (exact) mass is 331 g/mol. The predicted molar refractivity (Wildman–Crippen MR) is 75.3 cm³/mol. The lowest BCUT2D eigenvalue weighted by Gasteiger charge is -2.25. The Morgan fingerprint density at radius 1 is 1.31 bits per heavy atom. The average Bonchev–Trinajstić information content (AvgIpc) is 2.19. The molecule has 0 radical (unpaired) electrons. The van der Waals surface area contributed by atoms with Gasteiger partial charge in [-0.3, -0.25) is 4.79 Å². The summed E-state index contributed by atoms with van der Waals surface area (Å²) in [5, 5.41) is 0. The van der Waals surface area contributed by atoms with E-state index in [1.54, 1.807) is 0 Å². The Hall–Kier alpha value is -0.420. The molecule has 0 aliphatic rings. The van der Waals surface area contributed by atoms with E-state index in [0.717, 1.165) is 5.56 Å². The van der Waals surface area contributed by atoms with E-state index in [1.165, 1.54) is 3.57 Å². The molecule has 0 fully saturated rings. The Labute approximate surface area is 111 Å². The number of carbonyl (C=O) groups excluding carboxylic acids is 1. The maximum Gasteiger partial charge on any atom is 0.154 e. The fourth-order valence-corrected chi connectivity index (χ4v) is 1.76. The fraction of sp³-hybridized carbons (Fsp3) is 0.462. The Morgan fingerprint density at radius 2 is 1.81 bits per heavy atom. The maximum atomic E-state index is 11.9. The molecule has 1 aromatic rings. The van der Waals surface area contributed by atoms with Crippen LogP contribution in [0.1, 0.15) is 26.3 Å². The molecule has 0 aromatic heterocycles. The molecule has 0 saturated carbocycles. The first-order chi connectivity index (χ1) is 7.30. The van der Waals surface area contributed by atoms with Crippen LogP contribution in [0.2, 0.25) is 0 Å². The van der Waals surface area contributed by atoms with E-state index >= 15 is 0 Å². The van der Waals surface area contributed by atoms with Crippen LogP contribution < -0.4 is 5.73 Å². The van der Waals surface area contributed by atoms with Crippen molar-refractivity contribution in [3.8, 4) is 0 Å². The lowest BCUT2D eigenvalue weighted by Crippen LogP contribution is -2.43. The van der Waals surface area contributed by atoms with E-state index < -0.39 is 6.04 Å². The fourth-order valence-electron chi connectivity index (χ4n) is 1.40. The molecule has 3 heteroatoms. The quantitative estimate of drug-likeness (QED) is 0.866. The van der Waals surface area contributed by atoms with Crippen LogP contribution in [0.4, 0.5) is 0 Å². The van der Waals surface area contributed by atoms with E-state index in [9.17, 15) is 4.79 Å². The van der Waals surface area contributed by atoms with Gasteiger partial charge in [0, 0.05) is 9.99 Å². The number of Topliss-reactive ketones (excluding diaryl/α,β-unsaturated/α-hetero) is 1. The minimum atomic E-state index is -0.397. The molecule has 1 aromatic carbocycles. The first-order valence-electron chi connectivity index (χ1n) is 5.33. The lowest BCUT2D eigenvalue weighted by atomic mass is 9.83. The number of carbonyl (C=O) groups is 1. The van der Waals surface area contributed by atoms with Gasteiger partial charge in [-0.25, -0.2) is 0 Å². The summed E-state index contributed by atoms with van der Waals surface area (Å²) >= 11 is 2.25. The number of hydrogen-bond acceptors (Lipinski definition) is 2. The first kappa shape index (κ1) is 13.6. The molecule has 0 heterocycles. The number of hydrogen-bond donors (Lipinski definition) is 1. The zero-order valence-electron chi connectivity index (χ0n) is 9.96. The van der Waals surface area contributed by atoms with Gasteiger partial charge in [-0.1, -0.05) is 32.9 Å². The van der Waals surface area contributed by atoms with Crippen LogP contribution in [0.15, 0.2) is 24.3 Å². The van der Waals surface area contributed by atoms with Crippen LogP contribution in [-0.2, 0) is 11.2 Å². The largest absolute Gasteiger partial charge is 0.321 e. The Morgan fingerprint density at radius 3 is 2.25 bits per heavy atom. The molecule has 88 valence electrons. The SMILES string of the molecule is CC(C)(C)C(N)C(=O)Cc1ccc(I)cc1. The van der Waals surface area contributed by atoms with Gasteiger partial charge in [0.05, 0.1) is 6.04 Å². The van der Waals surface area contributed by atoms with Crippen LogP contribution >= 0.6 is 22.6 Å². The molecule has 0 bridgehead atoms. The number of halogens is 1. The highest BCUT2D eigenvalue weighted by Crippen LogP contribution is 2.19. The molecular weight excluding hydrogens is 313 g/mol. The Kier molecular flexibility index (Phi) is 4.50. The molecule has 2 nitrogen and oxygen atoms in total. The highest BCUT2D eigenvalue weighted by molar-refractivity contribution is 14.1. The molecule has 0 aliphatic heterocycles. The van der Waals surface area contributed by atoms with Crippen molar-refractivity contribution < 1.29 is 4.79 Å². The molecule has 16 heavy (non-hydrogen) atoms. The summed E-state index contributed by atoms with van der Waals surface area (Å²) in [6, 6.07) is 7.58. The average molecular weight is 331 g/mol. The first-order valence-corrected chi connectivity index (χ1v) is 6.41. The van der Waals surface area contributed by atoms with Gasteiger partial charge in [-0.15, -0.1) is 0 Å². The van der Waals surface area contributed by atoms with Gasteiger partial charge in [0.25, 0.3) is 0 Å². The van der Waals surface area contributed by atoms with E-state index in [-0.39, 0.29) is 11.2 Å². The lowest BCUT2D eigenvalue weighted by molar-refractivity contribution is -0.121. The van der Waals surface area contributed by atoms with Crippen molar-refractivity contribution in [1.29, 1.82) is 0 Å². The van der Waals surface area contributed by atoms with E-state index in [0.29, 0.717) is 6.42 Å². The van der Waals surface area contributed by atoms with Crippen molar-refractivity contribution in [2.24, 2.45) is 11.1 Å². The van der Waals surface area contributed by atoms with Gasteiger partial charge in [0.15, 0.2) is 5.78 Å². The number of benzene rings is 1. The van der Waals surface area contributed by atoms with Crippen molar-refractivity contribution in [3.05, 3.63) is 33.4 Å². The zero-order valence-corrected chi connectivity index (χ0v) is 12.1. The number of rotatable bonds is 3. The van der Waals surface area contributed by atoms with Crippen LogP contribution in [0, 0.1) is 8.99 Å². The van der Waals surface area contributed by atoms with Gasteiger partial charge in [-0.2, -0.15) is 0 Å². The van der Waals surface area contributed by atoms with Gasteiger partial charge in [0.2, 0.25) is 0 Å². The molecule has 1 atom stereocenters. The summed E-state index contributed by atoms with van der Waals surface area (Å²) in [5.41, 5.74) is 6.79. The van der Waals surface area contributed by atoms with Crippen molar-refractivity contribution in [3.63, 3.8) is 0 Å². The second kappa shape index (κ2) is 5.27. The van der Waals surface area contributed by atoms with E-state index in [1.807, 2.05) is 45.0 Å². The third-order valence-corrected chi connectivity index (χ3v) is 3.29. The molecule has 1 unspecified atom stereocenters. The Balaban J connectivity index is 2.68.